The van der Waals surface area contributed by atoms with Gasteiger partial charge in [-0.2, -0.15) is 4.68 Å². The van der Waals surface area contributed by atoms with E-state index in [9.17, 15) is 9.59 Å². The molecule has 1 aromatic carbocycles. The first-order chi connectivity index (χ1) is 9.75. The van der Waals surface area contributed by atoms with Crippen LogP contribution in [0.4, 0.5) is 0 Å². The molecule has 2 N–H and O–H groups in total. The van der Waals surface area contributed by atoms with Crippen LogP contribution < -0.4 is 11.0 Å². The molecule has 0 radical (unpaired) electrons. The molecule has 7 heteroatoms. The second-order valence-corrected chi connectivity index (χ2v) is 4.57. The second-order valence-electron chi connectivity index (χ2n) is 4.57. The summed E-state index contributed by atoms with van der Waals surface area (Å²) in [7, 11) is 0. The van der Waals surface area contributed by atoms with Gasteiger partial charge in [-0.15, -0.1) is 5.10 Å². The minimum Gasteiger partial charge on any atom is -0.333 e. The Morgan fingerprint density at radius 1 is 1.15 bits per heavy atom. The number of aromatic nitrogens is 3. The molecule has 0 saturated carbocycles. The molecule has 1 aliphatic rings. The van der Waals surface area contributed by atoms with Crippen molar-refractivity contribution in [3.05, 3.63) is 46.6 Å². The van der Waals surface area contributed by atoms with Crippen molar-refractivity contribution >= 4 is 5.91 Å². The Bertz CT molecular complexity index is 655. The molecule has 7 nitrogen and oxygen atoms in total. The number of benzene rings is 1. The van der Waals surface area contributed by atoms with Crippen molar-refractivity contribution in [2.75, 3.05) is 26.2 Å². The van der Waals surface area contributed by atoms with Crippen LogP contribution in [0.15, 0.2) is 35.1 Å². The molecule has 3 rings (SSSR count). The quantitative estimate of drug-likeness (QED) is 0.780. The summed E-state index contributed by atoms with van der Waals surface area (Å²) < 4.78 is 1.20. The van der Waals surface area contributed by atoms with Crippen LogP contribution in [0.3, 0.4) is 0 Å². The van der Waals surface area contributed by atoms with Crippen LogP contribution in [0.1, 0.15) is 10.6 Å². The lowest BCUT2D eigenvalue weighted by Gasteiger charge is -2.26. The van der Waals surface area contributed by atoms with E-state index in [4.69, 9.17) is 0 Å². The number of carbonyl (C=O) groups excluding carboxylic acids is 1. The van der Waals surface area contributed by atoms with Crippen LogP contribution in [0, 0.1) is 0 Å². The van der Waals surface area contributed by atoms with Gasteiger partial charge in [0.1, 0.15) is 0 Å². The van der Waals surface area contributed by atoms with Crippen molar-refractivity contribution in [3.8, 4) is 5.69 Å². The topological polar surface area (TPSA) is 83.0 Å². The van der Waals surface area contributed by atoms with Gasteiger partial charge in [-0.1, -0.05) is 18.2 Å². The summed E-state index contributed by atoms with van der Waals surface area (Å²) in [6.07, 6.45) is 0. The number of rotatable bonds is 2. The largest absolute Gasteiger partial charge is 0.348 e. The number of H-pyrrole nitrogens is 1. The number of nitrogens with one attached hydrogen (secondary N) is 2. The molecule has 0 aliphatic carbocycles. The lowest BCUT2D eigenvalue weighted by molar-refractivity contribution is 0.0723. The highest BCUT2D eigenvalue weighted by atomic mass is 16.2. The third-order valence-electron chi connectivity index (χ3n) is 3.23. The summed E-state index contributed by atoms with van der Waals surface area (Å²) in [5.41, 5.74) is 0.225. The van der Waals surface area contributed by atoms with E-state index < -0.39 is 5.69 Å². The fraction of sp³-hybridized carbons (Fsp3) is 0.308. The maximum atomic E-state index is 12.2. The summed E-state index contributed by atoms with van der Waals surface area (Å²) in [6.45, 7) is 2.77. The van der Waals surface area contributed by atoms with Gasteiger partial charge >= 0.3 is 5.69 Å². The van der Waals surface area contributed by atoms with E-state index in [-0.39, 0.29) is 11.7 Å². The van der Waals surface area contributed by atoms with E-state index in [1.807, 2.05) is 18.2 Å². The van der Waals surface area contributed by atoms with Crippen LogP contribution in [0.2, 0.25) is 0 Å². The maximum absolute atomic E-state index is 12.2. The smallest absolute Gasteiger partial charge is 0.333 e. The lowest BCUT2D eigenvalue weighted by atomic mass is 10.3. The molecule has 1 amide bonds. The Morgan fingerprint density at radius 3 is 2.55 bits per heavy atom. The third kappa shape index (κ3) is 2.35. The molecular weight excluding hydrogens is 258 g/mol. The molecule has 2 heterocycles. The van der Waals surface area contributed by atoms with Crippen LogP contribution in [0.25, 0.3) is 5.69 Å². The summed E-state index contributed by atoms with van der Waals surface area (Å²) in [6, 6.07) is 9.01. The van der Waals surface area contributed by atoms with Gasteiger partial charge in [-0.05, 0) is 12.1 Å². The molecule has 104 valence electrons. The Hall–Kier alpha value is -2.41. The molecular formula is C13H15N5O2. The van der Waals surface area contributed by atoms with E-state index in [0.717, 1.165) is 13.1 Å². The number of aromatic amines is 1. The summed E-state index contributed by atoms with van der Waals surface area (Å²) in [4.78, 5) is 28.3. The van der Waals surface area contributed by atoms with Crippen molar-refractivity contribution < 1.29 is 4.79 Å². The first-order valence-corrected chi connectivity index (χ1v) is 6.50. The van der Waals surface area contributed by atoms with Gasteiger partial charge in [0.25, 0.3) is 5.91 Å². The van der Waals surface area contributed by atoms with Gasteiger partial charge in [0.05, 0.1) is 5.69 Å². The zero-order valence-electron chi connectivity index (χ0n) is 10.9. The average Bonchev–Trinajstić information content (AvgIpc) is 2.90. The van der Waals surface area contributed by atoms with Gasteiger partial charge in [-0.3, -0.25) is 9.78 Å². The van der Waals surface area contributed by atoms with Crippen molar-refractivity contribution in [3.63, 3.8) is 0 Å². The maximum Gasteiger partial charge on any atom is 0.348 e. The van der Waals surface area contributed by atoms with E-state index in [1.165, 1.54) is 4.68 Å². The predicted molar refractivity (Wildman–Crippen MR) is 73.0 cm³/mol. The number of hydrogen-bond acceptors (Lipinski definition) is 4. The highest BCUT2D eigenvalue weighted by Crippen LogP contribution is 2.04. The van der Waals surface area contributed by atoms with E-state index >= 15 is 0 Å². The molecule has 0 bridgehead atoms. The Morgan fingerprint density at radius 2 is 1.85 bits per heavy atom. The molecule has 0 atom stereocenters. The number of para-hydroxylation sites is 1. The van der Waals surface area contributed by atoms with Crippen molar-refractivity contribution in [1.82, 2.24) is 25.0 Å². The van der Waals surface area contributed by atoms with E-state index in [2.05, 4.69) is 15.4 Å². The van der Waals surface area contributed by atoms with Crippen molar-refractivity contribution in [2.24, 2.45) is 0 Å². The van der Waals surface area contributed by atoms with Gasteiger partial charge in [0.2, 0.25) is 5.82 Å². The monoisotopic (exact) mass is 273 g/mol. The van der Waals surface area contributed by atoms with Crippen LogP contribution in [-0.2, 0) is 0 Å². The fourth-order valence-electron chi connectivity index (χ4n) is 2.18. The fourth-order valence-corrected chi connectivity index (χ4v) is 2.18. The number of nitrogens with zero attached hydrogens (tertiary/aromatic N) is 3. The lowest BCUT2D eigenvalue weighted by Crippen LogP contribution is -2.46. The first-order valence-electron chi connectivity index (χ1n) is 6.50. The first kappa shape index (κ1) is 12.6. The molecule has 1 fully saturated rings. The molecule has 20 heavy (non-hydrogen) atoms. The minimum atomic E-state index is -0.408. The zero-order chi connectivity index (χ0) is 13.9. The highest BCUT2D eigenvalue weighted by Gasteiger charge is 2.22. The number of carbonyl (C=O) groups is 1. The summed E-state index contributed by atoms with van der Waals surface area (Å²) in [5.74, 6) is -0.154. The molecule has 1 aromatic heterocycles. The third-order valence-corrected chi connectivity index (χ3v) is 3.23. The molecule has 1 aliphatic heterocycles. The average molecular weight is 273 g/mol. The van der Waals surface area contributed by atoms with Crippen LogP contribution in [-0.4, -0.2) is 51.8 Å². The predicted octanol–water partition coefficient (Wildman–Crippen LogP) is -0.394. The van der Waals surface area contributed by atoms with Gasteiger partial charge in [0.15, 0.2) is 0 Å². The number of hydrogen-bond donors (Lipinski definition) is 2. The summed E-state index contributed by atoms with van der Waals surface area (Å²) >= 11 is 0. The SMILES string of the molecule is O=C(c1nn(-c2ccccc2)c(=O)[nH]1)N1CCNCC1. The van der Waals surface area contributed by atoms with Crippen LogP contribution in [0.5, 0.6) is 0 Å². The van der Waals surface area contributed by atoms with E-state index in [0.29, 0.717) is 18.8 Å². The minimum absolute atomic E-state index is 0.0840. The number of piperazine rings is 1. The van der Waals surface area contributed by atoms with Gasteiger partial charge in [-0.25, -0.2) is 4.79 Å². The molecule has 2 aromatic rings. The Kier molecular flexibility index (Phi) is 3.34. The highest BCUT2D eigenvalue weighted by molar-refractivity contribution is 5.90. The van der Waals surface area contributed by atoms with E-state index in [1.54, 1.807) is 17.0 Å². The molecule has 0 unspecified atom stereocenters. The Balaban J connectivity index is 1.89. The number of amides is 1. The second kappa shape index (κ2) is 5.30. The van der Waals surface area contributed by atoms with Crippen molar-refractivity contribution in [2.45, 2.75) is 0 Å². The molecule has 0 spiro atoms. The van der Waals surface area contributed by atoms with Gasteiger partial charge < -0.3 is 10.2 Å². The standard InChI is InChI=1S/C13H15N5O2/c19-12(17-8-6-14-7-9-17)11-15-13(20)18(16-11)10-4-2-1-3-5-10/h1-5,14H,6-9H2,(H,15,16,20). The van der Waals surface area contributed by atoms with Crippen molar-refractivity contribution in [1.29, 1.82) is 0 Å². The van der Waals surface area contributed by atoms with Gasteiger partial charge in [0, 0.05) is 26.2 Å². The van der Waals surface area contributed by atoms with Crippen LogP contribution >= 0.6 is 0 Å². The normalized spacial score (nSPS) is 15.3. The zero-order valence-corrected chi connectivity index (χ0v) is 10.9. The summed E-state index contributed by atoms with van der Waals surface area (Å²) in [5, 5.41) is 7.26. The molecule has 1 saturated heterocycles. The Labute approximate surface area is 115 Å².